The molecule has 54 heavy (non-hydrogen) atoms. The second-order valence-electron chi connectivity index (χ2n) is 18.4. The van der Waals surface area contributed by atoms with E-state index in [2.05, 4.69) is 67.7 Å². The first-order valence-corrected chi connectivity index (χ1v) is 30.0. The molecule has 324 valence electrons. The van der Waals surface area contributed by atoms with Crippen LogP contribution in [0.3, 0.4) is 0 Å². The molecule has 2 aliphatic heterocycles. The maximum absolute atomic E-state index is 13.5. The lowest BCUT2D eigenvalue weighted by Gasteiger charge is -2.39. The summed E-state index contributed by atoms with van der Waals surface area (Å²) in [5, 5.41) is 9.71. The first-order chi connectivity index (χ1) is 24.1. The average Bonchev–Trinajstić information content (AvgIpc) is 3.52. The molecule has 0 saturated carbocycles. The molecule has 0 unspecified atom stereocenters. The summed E-state index contributed by atoms with van der Waals surface area (Å²) in [6, 6.07) is 0. The van der Waals surface area contributed by atoms with Crippen LogP contribution in [0.25, 0.3) is 0 Å². The third-order valence-electron chi connectivity index (χ3n) is 9.63. The lowest BCUT2D eigenvalue weighted by molar-refractivity contribution is -0.0109. The lowest BCUT2D eigenvalue weighted by Crippen LogP contribution is -2.46. The van der Waals surface area contributed by atoms with Gasteiger partial charge >= 0.3 is 15.2 Å². The molecule has 19 heteroatoms. The summed E-state index contributed by atoms with van der Waals surface area (Å²) in [7, 11) is -15.0. The Morgan fingerprint density at radius 1 is 0.648 bits per heavy atom. The van der Waals surface area contributed by atoms with Crippen molar-refractivity contribution in [3.05, 3.63) is 0 Å². The number of rotatable bonds is 18. The van der Waals surface area contributed by atoms with Gasteiger partial charge in [0.05, 0.1) is 56.1 Å². The van der Waals surface area contributed by atoms with Crippen LogP contribution in [0.5, 0.6) is 0 Å². The van der Waals surface area contributed by atoms with Crippen LogP contribution in [0.15, 0.2) is 0 Å². The van der Waals surface area contributed by atoms with Crippen molar-refractivity contribution in [2.45, 2.75) is 207 Å². The van der Waals surface area contributed by atoms with Gasteiger partial charge in [-0.1, -0.05) is 41.5 Å². The minimum atomic E-state index is -3.65. The highest BCUT2D eigenvalue weighted by Crippen LogP contribution is 2.61. The normalized spacial score (nSPS) is 25.3. The molecule has 0 spiro atoms. The summed E-state index contributed by atoms with van der Waals surface area (Å²) < 4.78 is 102. The van der Waals surface area contributed by atoms with Gasteiger partial charge in [-0.2, -0.15) is 8.42 Å². The van der Waals surface area contributed by atoms with Crippen LogP contribution in [-0.2, 0) is 59.9 Å². The van der Waals surface area contributed by atoms with E-state index in [1.54, 1.807) is 27.7 Å². The number of hydrogen-bond acceptors (Lipinski definition) is 14. The fraction of sp³-hybridized carbons (Fsp3) is 1.00. The van der Waals surface area contributed by atoms with Crippen LogP contribution in [0.2, 0.25) is 36.3 Å². The Kier molecular flexibility index (Phi) is 19.6. The molecule has 0 amide bonds. The van der Waals surface area contributed by atoms with E-state index in [0.29, 0.717) is 6.42 Å². The Hall–Kier alpha value is 0.444. The van der Waals surface area contributed by atoms with Gasteiger partial charge in [-0.3, -0.25) is 13.3 Å². The summed E-state index contributed by atoms with van der Waals surface area (Å²) in [6.07, 6.45) is -1.47. The second-order valence-corrected chi connectivity index (χ2v) is 33.7. The maximum Gasteiger partial charge on any atom is 0.359 e. The van der Waals surface area contributed by atoms with Crippen molar-refractivity contribution < 1.29 is 63.3 Å². The van der Waals surface area contributed by atoms with Crippen molar-refractivity contribution in [3.8, 4) is 0 Å². The Balaban J connectivity index is 0.000000546. The maximum atomic E-state index is 13.5. The molecule has 0 aromatic heterocycles. The lowest BCUT2D eigenvalue weighted by atomic mass is 10.2. The fourth-order valence-electron chi connectivity index (χ4n) is 5.15. The minimum Gasteiger partial charge on any atom is -0.411 e. The van der Waals surface area contributed by atoms with Gasteiger partial charge in [-0.05, 0) is 91.7 Å². The van der Waals surface area contributed by atoms with E-state index < -0.39 is 71.9 Å². The molecule has 2 aliphatic rings. The first-order valence-electron chi connectivity index (χ1n) is 19.1. The third-order valence-corrected chi connectivity index (χ3v) is 24.1. The topological polar surface area (TPSA) is 172 Å². The molecule has 1 N–H and O–H groups in total. The number of aliphatic hydroxyl groups excluding tert-OH is 1. The molecule has 2 fully saturated rings. The average molecular weight is 871 g/mol. The zero-order valence-electron chi connectivity index (χ0n) is 36.7. The van der Waals surface area contributed by atoms with Crippen molar-refractivity contribution >= 4 is 41.9 Å². The van der Waals surface area contributed by atoms with Gasteiger partial charge in [-0.15, -0.1) is 0 Å². The molecule has 0 aromatic rings. The smallest absolute Gasteiger partial charge is 0.359 e. The predicted molar refractivity (Wildman–Crippen MR) is 219 cm³/mol. The van der Waals surface area contributed by atoms with E-state index in [0.717, 1.165) is 6.26 Å². The van der Waals surface area contributed by atoms with Crippen LogP contribution < -0.4 is 0 Å². The van der Waals surface area contributed by atoms with Crippen molar-refractivity contribution in [2.75, 3.05) is 19.5 Å². The molecule has 6 atom stereocenters. The molecular weight excluding hydrogens is 795 g/mol. The highest BCUT2D eigenvalue weighted by atomic mass is 32.2. The SMILES string of the molecule is CC(C)OP(=O)(OC(C)C)[C@H]1C[C@H](O[Si](C)(C)C(C)(C)C)[C@@H](CO)O1.CC(C)OP(=O)(OC(C)C)[C@H]1C[C@H](O[Si](C)(C)C(C)(C)C)[C@@H](COS(C)(=O)=O)O1. The number of ether oxygens (including phenoxy) is 2. The van der Waals surface area contributed by atoms with Crippen LogP contribution >= 0.6 is 15.2 Å². The second kappa shape index (κ2) is 20.1. The predicted octanol–water partition coefficient (Wildman–Crippen LogP) is 9.04. The summed E-state index contributed by atoms with van der Waals surface area (Å²) >= 11 is 0. The van der Waals surface area contributed by atoms with Crippen LogP contribution in [0.1, 0.15) is 110 Å². The Bertz CT molecular complexity index is 1330. The zero-order chi connectivity index (χ0) is 42.5. The summed E-state index contributed by atoms with van der Waals surface area (Å²) in [5.41, 5.74) is 0. The monoisotopic (exact) mass is 870 g/mol. The standard InChI is InChI=1S/C18H39O8PSSi.C17H37O6PSi/c1-13(2)24-27(19,25-14(3)4)17-11-15(26-29(9,10)18(5,6)7)16(23-17)12-22-28(8,20)21;1-12(2)21-24(19,22-13(3)4)16-10-14(15(11-18)20-16)23-25(8,9)17(5,6)7/h13-17H,11-12H2,1-10H3;12-16,18H,10-11H2,1-9H3/t15-,16+,17-;14-,15+,16-/m00/s1. The first kappa shape index (κ1) is 52.5. The largest absolute Gasteiger partial charge is 0.411 e. The van der Waals surface area contributed by atoms with E-state index in [9.17, 15) is 22.7 Å². The van der Waals surface area contributed by atoms with Crippen molar-refractivity contribution in [2.24, 2.45) is 0 Å². The fourth-order valence-corrected chi connectivity index (χ4v) is 12.8. The summed E-state index contributed by atoms with van der Waals surface area (Å²) in [5.74, 6) is -1.57. The van der Waals surface area contributed by atoms with E-state index in [1.165, 1.54) is 0 Å². The van der Waals surface area contributed by atoms with Gasteiger partial charge in [-0.25, -0.2) is 0 Å². The molecule has 2 saturated heterocycles. The molecule has 2 heterocycles. The molecule has 0 aromatic carbocycles. The molecule has 2 rings (SSSR count). The Labute approximate surface area is 330 Å². The molecule has 0 bridgehead atoms. The van der Waals surface area contributed by atoms with Gasteiger partial charge in [0, 0.05) is 12.8 Å². The molecular formula is C35H76O14P2SSi2. The zero-order valence-corrected chi connectivity index (χ0v) is 41.3. The molecule has 14 nitrogen and oxygen atoms in total. The summed E-state index contributed by atoms with van der Waals surface area (Å²) in [4.78, 5) is 0. The third kappa shape index (κ3) is 16.2. The summed E-state index contributed by atoms with van der Waals surface area (Å²) in [6.45, 7) is 35.3. The van der Waals surface area contributed by atoms with E-state index in [1.807, 2.05) is 27.7 Å². The van der Waals surface area contributed by atoms with Crippen molar-refractivity contribution in [3.63, 3.8) is 0 Å². The van der Waals surface area contributed by atoms with Crippen LogP contribution in [0, 0.1) is 0 Å². The van der Waals surface area contributed by atoms with E-state index in [4.69, 9.17) is 40.6 Å². The van der Waals surface area contributed by atoms with Crippen molar-refractivity contribution in [1.29, 1.82) is 0 Å². The van der Waals surface area contributed by atoms with Crippen LogP contribution in [0.4, 0.5) is 0 Å². The van der Waals surface area contributed by atoms with E-state index >= 15 is 0 Å². The number of aliphatic hydroxyl groups is 1. The quantitative estimate of drug-likeness (QED) is 0.0786. The van der Waals surface area contributed by atoms with Gasteiger partial charge in [0.1, 0.15) is 12.2 Å². The highest BCUT2D eigenvalue weighted by Gasteiger charge is 2.53. The Morgan fingerprint density at radius 2 is 0.944 bits per heavy atom. The van der Waals surface area contributed by atoms with Gasteiger partial charge in [0.15, 0.2) is 28.3 Å². The molecule has 0 radical (unpaired) electrons. The van der Waals surface area contributed by atoms with Gasteiger partial charge in [0.2, 0.25) is 0 Å². The molecule has 0 aliphatic carbocycles. The van der Waals surface area contributed by atoms with E-state index in [-0.39, 0.29) is 60.2 Å². The van der Waals surface area contributed by atoms with Crippen LogP contribution in [-0.4, -0.2) is 110 Å². The van der Waals surface area contributed by atoms with Gasteiger partial charge < -0.3 is 41.5 Å². The van der Waals surface area contributed by atoms with Crippen molar-refractivity contribution in [1.82, 2.24) is 0 Å². The highest BCUT2D eigenvalue weighted by molar-refractivity contribution is 7.86. The van der Waals surface area contributed by atoms with Gasteiger partial charge in [0.25, 0.3) is 10.1 Å². The number of hydrogen-bond donors (Lipinski definition) is 1. The minimum absolute atomic E-state index is 0.0393. The Morgan fingerprint density at radius 3 is 1.20 bits per heavy atom.